The van der Waals surface area contributed by atoms with E-state index in [1.165, 1.54) is 5.57 Å². The van der Waals surface area contributed by atoms with Gasteiger partial charge in [-0.1, -0.05) is 24.3 Å². The molecule has 1 aromatic carbocycles. The van der Waals surface area contributed by atoms with E-state index in [4.69, 9.17) is 0 Å². The van der Waals surface area contributed by atoms with Crippen molar-refractivity contribution in [2.24, 2.45) is 4.99 Å². The lowest BCUT2D eigenvalue weighted by molar-refractivity contribution is 0.582. The second-order valence-electron chi connectivity index (χ2n) is 4.75. The van der Waals surface area contributed by atoms with Crippen LogP contribution >= 0.6 is 0 Å². The van der Waals surface area contributed by atoms with Gasteiger partial charge in [0.2, 0.25) is 0 Å². The van der Waals surface area contributed by atoms with Crippen LogP contribution in [0.3, 0.4) is 0 Å². The topological polar surface area (TPSA) is 39.7 Å². The molecule has 1 aromatic rings. The van der Waals surface area contributed by atoms with Gasteiger partial charge in [0.05, 0.1) is 18.1 Å². The number of para-hydroxylation sites is 1. The number of fused-ring (bicyclic) bond motifs is 3. The van der Waals surface area contributed by atoms with Crippen LogP contribution in [0.1, 0.15) is 0 Å². The quantitative estimate of drug-likeness (QED) is 0.797. The Labute approximate surface area is 111 Å². The molecule has 2 atom stereocenters. The number of rotatable bonds is 1. The zero-order valence-corrected chi connectivity index (χ0v) is 10.3. The predicted octanol–water partition coefficient (Wildman–Crippen LogP) is 1.72. The van der Waals surface area contributed by atoms with E-state index in [1.807, 2.05) is 18.3 Å². The van der Waals surface area contributed by atoms with Crippen molar-refractivity contribution >= 4 is 12.0 Å². The maximum Gasteiger partial charge on any atom is 0.128 e. The number of allylic oxidation sites excluding steroid dienone is 2. The normalized spacial score (nSPS) is 26.8. The van der Waals surface area contributed by atoms with Crippen molar-refractivity contribution < 1.29 is 0 Å². The van der Waals surface area contributed by atoms with Gasteiger partial charge in [0.15, 0.2) is 0 Å². The van der Waals surface area contributed by atoms with Gasteiger partial charge in [0.1, 0.15) is 6.17 Å². The van der Waals surface area contributed by atoms with E-state index >= 15 is 0 Å². The fourth-order valence-corrected chi connectivity index (χ4v) is 2.75. The van der Waals surface area contributed by atoms with E-state index in [1.54, 1.807) is 6.34 Å². The van der Waals surface area contributed by atoms with Crippen LogP contribution in [0.2, 0.25) is 0 Å². The van der Waals surface area contributed by atoms with Gasteiger partial charge >= 0.3 is 0 Å². The Bertz CT molecular complexity index is 612. The zero-order chi connectivity index (χ0) is 12.7. The molecule has 94 valence electrons. The molecule has 0 saturated heterocycles. The van der Waals surface area contributed by atoms with Crippen molar-refractivity contribution in [1.82, 2.24) is 10.6 Å². The molecule has 19 heavy (non-hydrogen) atoms. The summed E-state index contributed by atoms with van der Waals surface area (Å²) in [4.78, 5) is 6.64. The van der Waals surface area contributed by atoms with E-state index in [2.05, 4.69) is 57.1 Å². The first-order chi connectivity index (χ1) is 9.43. The maximum atomic E-state index is 4.42. The second-order valence-corrected chi connectivity index (χ2v) is 4.75. The number of hydrogen-bond donors (Lipinski definition) is 2. The molecular formula is C15H14N4. The highest BCUT2D eigenvalue weighted by molar-refractivity contribution is 5.68. The lowest BCUT2D eigenvalue weighted by atomic mass is 9.95. The molecule has 0 amide bonds. The molecule has 3 aliphatic rings. The molecule has 0 saturated carbocycles. The summed E-state index contributed by atoms with van der Waals surface area (Å²) < 4.78 is 0. The van der Waals surface area contributed by atoms with Crippen molar-refractivity contribution in [2.45, 2.75) is 12.2 Å². The van der Waals surface area contributed by atoms with Crippen molar-refractivity contribution in [2.75, 3.05) is 4.90 Å². The first kappa shape index (κ1) is 10.4. The van der Waals surface area contributed by atoms with E-state index < -0.39 is 0 Å². The highest BCUT2D eigenvalue weighted by atomic mass is 15.3. The number of dihydropyridines is 1. The summed E-state index contributed by atoms with van der Waals surface area (Å²) >= 11 is 0. The summed E-state index contributed by atoms with van der Waals surface area (Å²) in [6.45, 7) is 0. The minimum atomic E-state index is 0.148. The number of nitrogens with zero attached hydrogens (tertiary/aromatic N) is 2. The first-order valence-corrected chi connectivity index (χ1v) is 6.40. The van der Waals surface area contributed by atoms with Gasteiger partial charge in [-0.25, -0.2) is 4.99 Å². The lowest BCUT2D eigenvalue weighted by Crippen LogP contribution is -2.51. The Balaban J connectivity index is 1.82. The summed E-state index contributed by atoms with van der Waals surface area (Å²) in [6.07, 6.45) is 10.2. The van der Waals surface area contributed by atoms with Crippen LogP contribution in [-0.2, 0) is 0 Å². The third-order valence-corrected chi connectivity index (χ3v) is 3.64. The number of aliphatic imine (C=N–C) groups is 1. The first-order valence-electron chi connectivity index (χ1n) is 6.40. The second kappa shape index (κ2) is 4.02. The third-order valence-electron chi connectivity index (χ3n) is 3.64. The van der Waals surface area contributed by atoms with Crippen molar-refractivity contribution in [1.29, 1.82) is 0 Å². The number of anilines is 1. The molecule has 2 unspecified atom stereocenters. The molecule has 4 rings (SSSR count). The summed E-state index contributed by atoms with van der Waals surface area (Å²) in [6, 6.07) is 10.6. The van der Waals surface area contributed by atoms with Gasteiger partial charge in [0.25, 0.3) is 0 Å². The predicted molar refractivity (Wildman–Crippen MR) is 76.6 cm³/mol. The molecule has 4 nitrogen and oxygen atoms in total. The Morgan fingerprint density at radius 3 is 2.89 bits per heavy atom. The van der Waals surface area contributed by atoms with E-state index in [0.717, 1.165) is 11.4 Å². The highest BCUT2D eigenvalue weighted by Gasteiger charge is 2.36. The zero-order valence-electron chi connectivity index (χ0n) is 10.3. The van der Waals surface area contributed by atoms with E-state index in [-0.39, 0.29) is 12.2 Å². The summed E-state index contributed by atoms with van der Waals surface area (Å²) in [5, 5.41) is 6.72. The fourth-order valence-electron chi connectivity index (χ4n) is 2.75. The summed E-state index contributed by atoms with van der Waals surface area (Å²) in [5.41, 5.74) is 3.51. The van der Waals surface area contributed by atoms with Gasteiger partial charge in [-0.15, -0.1) is 0 Å². The molecular weight excluding hydrogens is 236 g/mol. The monoisotopic (exact) mass is 250 g/mol. The Morgan fingerprint density at radius 2 is 2.00 bits per heavy atom. The van der Waals surface area contributed by atoms with E-state index in [0.29, 0.717) is 0 Å². The van der Waals surface area contributed by atoms with Crippen LogP contribution < -0.4 is 15.5 Å². The van der Waals surface area contributed by atoms with Crippen LogP contribution in [0.5, 0.6) is 0 Å². The minimum absolute atomic E-state index is 0.148. The molecule has 0 fully saturated rings. The SMILES string of the molecule is C1=CNC2C(=C1)C1NC=NC1=CN2c1ccccc1. The molecule has 0 spiro atoms. The molecule has 0 radical (unpaired) electrons. The molecule has 4 heteroatoms. The molecule has 3 heterocycles. The lowest BCUT2D eigenvalue weighted by Gasteiger charge is -2.40. The Morgan fingerprint density at radius 1 is 1.11 bits per heavy atom. The van der Waals surface area contributed by atoms with Crippen molar-refractivity contribution in [3.8, 4) is 0 Å². The van der Waals surface area contributed by atoms with Gasteiger partial charge in [-0.3, -0.25) is 0 Å². The minimum Gasteiger partial charge on any atom is -0.367 e. The van der Waals surface area contributed by atoms with E-state index in [9.17, 15) is 0 Å². The number of nitrogens with one attached hydrogen (secondary N) is 2. The molecule has 2 N–H and O–H groups in total. The standard InChI is InChI=1S/C15H14N4/c1-2-5-11(6-3-1)19-9-13-14(18-10-17-13)12-7-4-8-16-15(12)19/h1-10,14-16H,(H,17,18). The molecule has 0 aliphatic carbocycles. The smallest absolute Gasteiger partial charge is 0.128 e. The summed E-state index contributed by atoms with van der Waals surface area (Å²) in [7, 11) is 0. The number of hydrogen-bond acceptors (Lipinski definition) is 4. The van der Waals surface area contributed by atoms with Crippen LogP contribution in [-0.4, -0.2) is 18.5 Å². The van der Waals surface area contributed by atoms with Gasteiger partial charge < -0.3 is 15.5 Å². The maximum absolute atomic E-state index is 4.42. The Kier molecular flexibility index (Phi) is 2.21. The average molecular weight is 250 g/mol. The molecule has 3 aliphatic heterocycles. The van der Waals surface area contributed by atoms with Gasteiger partial charge in [-0.05, 0) is 24.4 Å². The molecule has 0 bridgehead atoms. The Hall–Kier alpha value is -2.49. The molecule has 0 aromatic heterocycles. The van der Waals surface area contributed by atoms with Crippen LogP contribution in [0.15, 0.2) is 71.1 Å². The summed E-state index contributed by atoms with van der Waals surface area (Å²) in [5.74, 6) is 0. The number of benzene rings is 1. The average Bonchev–Trinajstić information content (AvgIpc) is 2.96. The van der Waals surface area contributed by atoms with Crippen LogP contribution in [0.4, 0.5) is 5.69 Å². The largest absolute Gasteiger partial charge is 0.367 e. The van der Waals surface area contributed by atoms with Crippen LogP contribution in [0, 0.1) is 0 Å². The third kappa shape index (κ3) is 1.57. The van der Waals surface area contributed by atoms with Crippen molar-refractivity contribution in [3.63, 3.8) is 0 Å². The van der Waals surface area contributed by atoms with Gasteiger partial charge in [0, 0.05) is 17.5 Å². The van der Waals surface area contributed by atoms with Crippen LogP contribution in [0.25, 0.3) is 0 Å². The van der Waals surface area contributed by atoms with Crippen molar-refractivity contribution in [3.05, 3.63) is 66.2 Å². The highest BCUT2D eigenvalue weighted by Crippen LogP contribution is 2.32. The fraction of sp³-hybridized carbons (Fsp3) is 0.133. The van der Waals surface area contributed by atoms with Gasteiger partial charge in [-0.2, -0.15) is 0 Å².